The van der Waals surface area contributed by atoms with Crippen LogP contribution in [-0.4, -0.2) is 29.7 Å². The maximum Gasteiger partial charge on any atom is 0.358 e. The summed E-state index contributed by atoms with van der Waals surface area (Å²) in [6.07, 6.45) is -1.33. The van der Waals surface area contributed by atoms with Gasteiger partial charge < -0.3 is 19.6 Å². The van der Waals surface area contributed by atoms with E-state index in [0.29, 0.717) is 0 Å². The van der Waals surface area contributed by atoms with E-state index in [1.807, 2.05) is 0 Å². The summed E-state index contributed by atoms with van der Waals surface area (Å²) in [5, 5.41) is 0. The van der Waals surface area contributed by atoms with Crippen LogP contribution >= 0.6 is 26.8 Å². The summed E-state index contributed by atoms with van der Waals surface area (Å²) in [6.45, 7) is 0. The van der Waals surface area contributed by atoms with E-state index in [1.165, 1.54) is 12.1 Å². The van der Waals surface area contributed by atoms with Crippen LogP contribution in [0.2, 0.25) is 0 Å². The Morgan fingerprint density at radius 1 is 1.05 bits per heavy atom. The number of rotatable bonds is 6. The Bertz CT molecular complexity index is 555. The van der Waals surface area contributed by atoms with Crippen LogP contribution in [0.1, 0.15) is 23.2 Å². The number of ketones is 1. The Kier molecular flexibility index (Phi) is 5.33. The Balaban J connectivity index is 2.93. The van der Waals surface area contributed by atoms with Crippen LogP contribution in [0.3, 0.4) is 0 Å². The number of halogens is 1. The number of alkyl halides is 1. The molecule has 0 heterocycles. The molecule has 7 nitrogen and oxygen atoms in total. The second-order valence-corrected chi connectivity index (χ2v) is 9.32. The van der Waals surface area contributed by atoms with Crippen molar-refractivity contribution in [2.24, 2.45) is 0 Å². The summed E-state index contributed by atoms with van der Waals surface area (Å²) < 4.78 is 19.3. The van der Waals surface area contributed by atoms with Gasteiger partial charge >= 0.3 is 15.2 Å². The van der Waals surface area contributed by atoms with Gasteiger partial charge in [0.1, 0.15) is 0 Å². The van der Waals surface area contributed by atoms with Crippen LogP contribution in [0.5, 0.6) is 0 Å². The Morgan fingerprint density at radius 3 is 1.90 bits per heavy atom. The lowest BCUT2D eigenvalue weighted by Crippen LogP contribution is -2.23. The molecule has 10 heteroatoms. The number of Topliss-reactive ketones (excluding diaryl/α,β-unsaturated/α-hetero) is 1. The molecule has 1 aromatic rings. The average molecular weight is 343 g/mol. The molecule has 0 aliphatic carbocycles. The van der Waals surface area contributed by atoms with Gasteiger partial charge in [-0.15, -0.1) is 0 Å². The van der Waals surface area contributed by atoms with Gasteiger partial charge in [-0.2, -0.15) is 0 Å². The first-order valence-corrected chi connectivity index (χ1v) is 8.98. The Morgan fingerprint density at radius 2 is 1.50 bits per heavy atom. The first-order valence-electron chi connectivity index (χ1n) is 5.37. The molecule has 0 atom stereocenters. The van der Waals surface area contributed by atoms with E-state index < -0.39 is 38.2 Å². The highest BCUT2D eigenvalue weighted by Crippen LogP contribution is 2.73. The molecule has 0 saturated heterocycles. The van der Waals surface area contributed by atoms with Gasteiger partial charge in [0.15, 0.2) is 5.78 Å². The lowest BCUT2D eigenvalue weighted by atomic mass is 10.1. The largest absolute Gasteiger partial charge is 0.358 e. The summed E-state index contributed by atoms with van der Waals surface area (Å²) in [6, 6.07) is 7.81. The van der Waals surface area contributed by atoms with Crippen LogP contribution in [0.15, 0.2) is 30.3 Å². The SMILES string of the molecule is O=C(CCC(Cl)(P(=O)(O)O)P(=O)(O)O)c1ccccc1. The highest BCUT2D eigenvalue weighted by Gasteiger charge is 2.58. The molecule has 112 valence electrons. The lowest BCUT2D eigenvalue weighted by Gasteiger charge is -2.28. The fourth-order valence-corrected chi connectivity index (χ4v) is 3.76. The summed E-state index contributed by atoms with van der Waals surface area (Å²) >= 11 is 5.44. The van der Waals surface area contributed by atoms with E-state index in [4.69, 9.17) is 31.2 Å². The van der Waals surface area contributed by atoms with Crippen molar-refractivity contribution in [3.05, 3.63) is 35.9 Å². The smallest absolute Gasteiger partial charge is 0.323 e. The minimum atomic E-state index is -5.31. The first kappa shape index (κ1) is 17.5. The Hall–Kier alpha value is -0.520. The molecular formula is C10H13ClO7P2. The van der Waals surface area contributed by atoms with E-state index in [2.05, 4.69) is 0 Å². The monoisotopic (exact) mass is 342 g/mol. The number of carbonyl (C=O) groups is 1. The standard InChI is InChI=1S/C10H13ClO7P2/c11-10(19(13,14)15,20(16,17)18)7-6-9(12)8-4-2-1-3-5-8/h1-5H,6-7H2,(H2,13,14,15)(H2,16,17,18). The van der Waals surface area contributed by atoms with Gasteiger partial charge in [0.2, 0.25) is 4.36 Å². The zero-order valence-corrected chi connectivity index (χ0v) is 12.6. The first-order chi connectivity index (χ1) is 8.99. The molecule has 0 aliphatic rings. The number of carbonyl (C=O) groups excluding carboxylic acids is 1. The van der Waals surface area contributed by atoms with Crippen LogP contribution in [-0.2, 0) is 9.13 Å². The highest BCUT2D eigenvalue weighted by molar-refractivity contribution is 7.75. The molecule has 4 N–H and O–H groups in total. The molecule has 0 amide bonds. The third-order valence-corrected chi connectivity index (χ3v) is 7.96. The fourth-order valence-electron chi connectivity index (χ4n) is 1.50. The van der Waals surface area contributed by atoms with E-state index in [0.717, 1.165) is 0 Å². The van der Waals surface area contributed by atoms with Crippen LogP contribution in [0, 0.1) is 0 Å². The van der Waals surface area contributed by atoms with Crippen molar-refractivity contribution < 1.29 is 33.5 Å². The van der Waals surface area contributed by atoms with Crippen LogP contribution < -0.4 is 0 Å². The normalized spacial score (nSPS) is 13.2. The zero-order chi connectivity index (χ0) is 15.6. The predicted molar refractivity (Wildman–Crippen MR) is 72.7 cm³/mol. The summed E-state index contributed by atoms with van der Waals surface area (Å²) in [5.74, 6) is -0.516. The third kappa shape index (κ3) is 3.77. The summed E-state index contributed by atoms with van der Waals surface area (Å²) in [7, 11) is -10.6. The Labute approximate surface area is 119 Å². The molecule has 20 heavy (non-hydrogen) atoms. The minimum absolute atomic E-state index is 0.267. The number of benzene rings is 1. The van der Waals surface area contributed by atoms with Crippen molar-refractivity contribution in [2.45, 2.75) is 17.2 Å². The van der Waals surface area contributed by atoms with Crippen LogP contribution in [0.4, 0.5) is 0 Å². The van der Waals surface area contributed by atoms with Gasteiger partial charge in [0, 0.05) is 12.0 Å². The number of hydrogen-bond acceptors (Lipinski definition) is 3. The zero-order valence-electron chi connectivity index (χ0n) is 10.1. The third-order valence-electron chi connectivity index (χ3n) is 2.66. The topological polar surface area (TPSA) is 132 Å². The lowest BCUT2D eigenvalue weighted by molar-refractivity contribution is 0.0979. The molecule has 0 aromatic heterocycles. The maximum absolute atomic E-state index is 11.8. The van der Waals surface area contributed by atoms with Gasteiger partial charge in [0.25, 0.3) is 0 Å². The second kappa shape index (κ2) is 6.08. The number of hydrogen-bond donors (Lipinski definition) is 4. The van der Waals surface area contributed by atoms with Gasteiger partial charge in [0.05, 0.1) is 0 Å². The minimum Gasteiger partial charge on any atom is -0.323 e. The van der Waals surface area contributed by atoms with E-state index in [9.17, 15) is 13.9 Å². The van der Waals surface area contributed by atoms with Crippen molar-refractivity contribution >= 4 is 32.6 Å². The maximum atomic E-state index is 11.8. The fraction of sp³-hybridized carbons (Fsp3) is 0.300. The molecule has 1 rings (SSSR count). The summed E-state index contributed by atoms with van der Waals surface area (Å²) in [5.41, 5.74) is 0.267. The van der Waals surface area contributed by atoms with Crippen molar-refractivity contribution in [2.75, 3.05) is 0 Å². The molecule has 0 radical (unpaired) electrons. The van der Waals surface area contributed by atoms with Crippen LogP contribution in [0.25, 0.3) is 0 Å². The van der Waals surface area contributed by atoms with Crippen molar-refractivity contribution in [1.82, 2.24) is 0 Å². The molecule has 0 unspecified atom stereocenters. The van der Waals surface area contributed by atoms with Crippen molar-refractivity contribution in [3.63, 3.8) is 0 Å². The molecule has 0 aliphatic heterocycles. The predicted octanol–water partition coefficient (Wildman–Crippen LogP) is 1.90. The molecule has 0 saturated carbocycles. The quantitative estimate of drug-likeness (QED) is 0.352. The molecule has 1 aromatic carbocycles. The van der Waals surface area contributed by atoms with Crippen molar-refractivity contribution in [1.29, 1.82) is 0 Å². The van der Waals surface area contributed by atoms with Gasteiger partial charge in [-0.3, -0.25) is 13.9 Å². The highest BCUT2D eigenvalue weighted by atomic mass is 35.5. The van der Waals surface area contributed by atoms with Gasteiger partial charge in [-0.05, 0) is 6.42 Å². The molecular weight excluding hydrogens is 330 g/mol. The van der Waals surface area contributed by atoms with Gasteiger partial charge in [-0.1, -0.05) is 41.9 Å². The van der Waals surface area contributed by atoms with Crippen molar-refractivity contribution in [3.8, 4) is 0 Å². The average Bonchev–Trinajstić information content (AvgIpc) is 2.33. The second-order valence-electron chi connectivity index (χ2n) is 4.10. The summed E-state index contributed by atoms with van der Waals surface area (Å²) in [4.78, 5) is 47.9. The molecule has 0 fully saturated rings. The van der Waals surface area contributed by atoms with Gasteiger partial charge in [-0.25, -0.2) is 0 Å². The molecule has 0 bridgehead atoms. The van der Waals surface area contributed by atoms with E-state index in [1.54, 1.807) is 18.2 Å². The van der Waals surface area contributed by atoms with E-state index >= 15 is 0 Å². The van der Waals surface area contributed by atoms with E-state index in [-0.39, 0.29) is 5.56 Å². The molecule has 0 spiro atoms.